The fourth-order valence-electron chi connectivity index (χ4n) is 2.48. The van der Waals surface area contributed by atoms with Gasteiger partial charge in [-0.3, -0.25) is 0 Å². The van der Waals surface area contributed by atoms with E-state index in [1.54, 1.807) is 0 Å². The van der Waals surface area contributed by atoms with Crippen LogP contribution in [-0.2, 0) is 11.8 Å². The van der Waals surface area contributed by atoms with Gasteiger partial charge in [0.1, 0.15) is 5.75 Å². The van der Waals surface area contributed by atoms with Gasteiger partial charge in [0.2, 0.25) is 0 Å². The first-order valence-electron chi connectivity index (χ1n) is 8.57. The number of hydrogen-bond donors (Lipinski definition) is 1. The summed E-state index contributed by atoms with van der Waals surface area (Å²) in [6, 6.07) is 4.30. The van der Waals surface area contributed by atoms with Gasteiger partial charge in [0, 0.05) is 25.3 Å². The molecule has 126 valence electrons. The maximum Gasteiger partial charge on any atom is 0.122 e. The molecule has 22 heavy (non-hydrogen) atoms. The van der Waals surface area contributed by atoms with E-state index in [1.165, 1.54) is 5.69 Å². The van der Waals surface area contributed by atoms with Gasteiger partial charge in [-0.15, -0.1) is 0 Å². The first-order chi connectivity index (χ1) is 10.0. The topological polar surface area (TPSA) is 23.5 Å². The van der Waals surface area contributed by atoms with Crippen LogP contribution in [0.1, 0.15) is 71.9 Å². The third-order valence-electron chi connectivity index (χ3n) is 5.33. The Hall–Kier alpha value is -1.18. The Bertz CT molecular complexity index is 501. The molecule has 0 aromatic heterocycles. The van der Waals surface area contributed by atoms with E-state index in [0.29, 0.717) is 11.2 Å². The summed E-state index contributed by atoms with van der Waals surface area (Å²) in [5.74, 6) is 0.504. The zero-order valence-electron chi connectivity index (χ0n) is 15.9. The average Bonchev–Trinajstić information content (AvgIpc) is 2.45. The molecule has 0 unspecified atom stereocenters. The molecule has 1 aromatic rings. The van der Waals surface area contributed by atoms with Crippen LogP contribution in [0.15, 0.2) is 12.1 Å². The molecule has 1 aromatic carbocycles. The number of phenolic OH excluding ortho intramolecular Hbond substituents is 1. The van der Waals surface area contributed by atoms with Crippen LogP contribution in [0.4, 0.5) is 5.69 Å². The first kappa shape index (κ1) is 18.9. The van der Waals surface area contributed by atoms with Crippen LogP contribution in [0.5, 0.6) is 5.75 Å². The van der Waals surface area contributed by atoms with E-state index in [2.05, 4.69) is 72.7 Å². The number of nitrogens with zero attached hydrogens (tertiary/aromatic N) is 1. The second-order valence-electron chi connectivity index (χ2n) is 8.15. The van der Waals surface area contributed by atoms with E-state index in [-0.39, 0.29) is 5.41 Å². The lowest BCUT2D eigenvalue weighted by molar-refractivity contribution is 0.320. The Kier molecular flexibility index (Phi) is 5.95. The molecule has 0 radical (unpaired) electrons. The number of anilines is 1. The lowest BCUT2D eigenvalue weighted by Gasteiger charge is -2.29. The summed E-state index contributed by atoms with van der Waals surface area (Å²) in [7, 11) is 4.13. The largest absolute Gasteiger partial charge is 0.507 e. The summed E-state index contributed by atoms with van der Waals surface area (Å²) in [6.07, 6.45) is 4.20. The van der Waals surface area contributed by atoms with E-state index in [0.717, 1.165) is 36.8 Å². The molecular weight excluding hydrogens is 270 g/mol. The number of hydrogen-bond acceptors (Lipinski definition) is 2. The predicted octanol–water partition coefficient (Wildman–Crippen LogP) is 5.51. The fourth-order valence-corrected chi connectivity index (χ4v) is 2.48. The van der Waals surface area contributed by atoms with Gasteiger partial charge < -0.3 is 10.0 Å². The number of aromatic hydroxyl groups is 1. The van der Waals surface area contributed by atoms with Crippen molar-refractivity contribution in [1.82, 2.24) is 0 Å². The van der Waals surface area contributed by atoms with Gasteiger partial charge in [-0.05, 0) is 47.8 Å². The molecule has 0 spiro atoms. The van der Waals surface area contributed by atoms with Crippen LogP contribution in [-0.4, -0.2) is 19.2 Å². The third kappa shape index (κ3) is 4.41. The highest BCUT2D eigenvalue weighted by molar-refractivity contribution is 5.58. The fraction of sp³-hybridized carbons (Fsp3) is 0.700. The van der Waals surface area contributed by atoms with Crippen LogP contribution >= 0.6 is 0 Å². The minimum atomic E-state index is -0.00880. The van der Waals surface area contributed by atoms with Crippen molar-refractivity contribution in [2.24, 2.45) is 5.41 Å². The molecule has 2 nitrogen and oxygen atoms in total. The van der Waals surface area contributed by atoms with Crippen molar-refractivity contribution in [1.29, 1.82) is 0 Å². The summed E-state index contributed by atoms with van der Waals surface area (Å²) >= 11 is 0. The van der Waals surface area contributed by atoms with Gasteiger partial charge in [-0.1, -0.05) is 48.0 Å². The number of aryl methyl sites for hydroxylation is 1. The number of phenols is 1. The molecule has 0 fully saturated rings. The van der Waals surface area contributed by atoms with Gasteiger partial charge in [0.15, 0.2) is 0 Å². The van der Waals surface area contributed by atoms with Crippen molar-refractivity contribution >= 4 is 5.69 Å². The molecule has 0 bridgehead atoms. The quantitative estimate of drug-likeness (QED) is 0.717. The van der Waals surface area contributed by atoms with Gasteiger partial charge in [-0.25, -0.2) is 0 Å². The van der Waals surface area contributed by atoms with Crippen molar-refractivity contribution in [3.8, 4) is 5.75 Å². The second-order valence-corrected chi connectivity index (χ2v) is 8.15. The molecule has 0 aliphatic rings. The summed E-state index contributed by atoms with van der Waals surface area (Å²) in [6.45, 7) is 13.4. The number of benzene rings is 1. The van der Waals surface area contributed by atoms with E-state index in [9.17, 15) is 5.11 Å². The molecule has 0 saturated carbocycles. The molecule has 1 rings (SSSR count). The standard InChI is InChI=1S/C20H35NO/c1-9-19(3,4)12-11-15-13-16(21(7)8)14-17(18(15)22)20(5,6)10-2/h13-14,22H,9-12H2,1-8H3. The van der Waals surface area contributed by atoms with Crippen molar-refractivity contribution in [3.05, 3.63) is 23.3 Å². The zero-order chi connectivity index (χ0) is 17.1. The van der Waals surface area contributed by atoms with E-state index < -0.39 is 0 Å². The molecule has 0 heterocycles. The van der Waals surface area contributed by atoms with Crippen molar-refractivity contribution in [2.75, 3.05) is 19.0 Å². The van der Waals surface area contributed by atoms with Crippen LogP contribution in [0.3, 0.4) is 0 Å². The highest BCUT2D eigenvalue weighted by Gasteiger charge is 2.25. The van der Waals surface area contributed by atoms with Gasteiger partial charge in [0.25, 0.3) is 0 Å². The molecule has 0 aliphatic carbocycles. The van der Waals surface area contributed by atoms with Crippen molar-refractivity contribution in [3.63, 3.8) is 0 Å². The molecule has 2 heteroatoms. The predicted molar refractivity (Wildman–Crippen MR) is 98.1 cm³/mol. The molecule has 0 atom stereocenters. The smallest absolute Gasteiger partial charge is 0.122 e. The maximum atomic E-state index is 10.8. The summed E-state index contributed by atoms with van der Waals surface area (Å²) in [5, 5.41) is 10.8. The van der Waals surface area contributed by atoms with E-state index in [4.69, 9.17) is 0 Å². The Morgan fingerprint density at radius 3 is 2.05 bits per heavy atom. The third-order valence-corrected chi connectivity index (χ3v) is 5.33. The normalized spacial score (nSPS) is 12.5. The summed E-state index contributed by atoms with van der Waals surface area (Å²) < 4.78 is 0. The van der Waals surface area contributed by atoms with E-state index in [1.807, 2.05) is 0 Å². The SMILES string of the molecule is CCC(C)(C)CCc1cc(N(C)C)cc(C(C)(C)CC)c1O. The maximum absolute atomic E-state index is 10.8. The highest BCUT2D eigenvalue weighted by Crippen LogP contribution is 2.40. The molecular formula is C20H35NO. The molecule has 1 N–H and O–H groups in total. The lowest BCUT2D eigenvalue weighted by Crippen LogP contribution is -2.19. The van der Waals surface area contributed by atoms with E-state index >= 15 is 0 Å². The van der Waals surface area contributed by atoms with Crippen LogP contribution in [0.25, 0.3) is 0 Å². The van der Waals surface area contributed by atoms with Crippen molar-refractivity contribution < 1.29 is 5.11 Å². The summed E-state index contributed by atoms with van der Waals surface area (Å²) in [4.78, 5) is 2.13. The summed E-state index contributed by atoms with van der Waals surface area (Å²) in [5.41, 5.74) is 3.65. The van der Waals surface area contributed by atoms with Crippen LogP contribution < -0.4 is 4.90 Å². The Balaban J connectivity index is 3.26. The first-order valence-corrected chi connectivity index (χ1v) is 8.57. The Labute approximate surface area is 137 Å². The second kappa shape index (κ2) is 6.93. The average molecular weight is 306 g/mol. The Morgan fingerprint density at radius 2 is 1.59 bits per heavy atom. The van der Waals surface area contributed by atoms with Crippen LogP contribution in [0.2, 0.25) is 0 Å². The molecule has 0 saturated heterocycles. The van der Waals surface area contributed by atoms with Gasteiger partial charge in [-0.2, -0.15) is 0 Å². The minimum Gasteiger partial charge on any atom is -0.507 e. The monoisotopic (exact) mass is 305 g/mol. The lowest BCUT2D eigenvalue weighted by atomic mass is 9.79. The van der Waals surface area contributed by atoms with Gasteiger partial charge >= 0.3 is 0 Å². The molecule has 0 aliphatic heterocycles. The van der Waals surface area contributed by atoms with Gasteiger partial charge in [0.05, 0.1) is 0 Å². The minimum absolute atomic E-state index is 0.00880. The number of rotatable bonds is 7. The zero-order valence-corrected chi connectivity index (χ0v) is 15.9. The molecule has 0 amide bonds. The van der Waals surface area contributed by atoms with Crippen LogP contribution in [0, 0.1) is 5.41 Å². The highest BCUT2D eigenvalue weighted by atomic mass is 16.3. The Morgan fingerprint density at radius 1 is 1.00 bits per heavy atom. The van der Waals surface area contributed by atoms with Crippen molar-refractivity contribution in [2.45, 2.75) is 72.6 Å².